The molecule has 9 nitrogen and oxygen atoms in total. The molecule has 0 aliphatic carbocycles. The summed E-state index contributed by atoms with van der Waals surface area (Å²) >= 11 is 7.33. The monoisotopic (exact) mass is 598 g/mol. The van der Waals surface area contributed by atoms with Crippen molar-refractivity contribution < 1.29 is 33.8 Å². The van der Waals surface area contributed by atoms with Crippen molar-refractivity contribution in [3.63, 3.8) is 0 Å². The predicted octanol–water partition coefficient (Wildman–Crippen LogP) is 4.36. The lowest BCUT2D eigenvalue weighted by Crippen LogP contribution is -2.36. The number of hydrogen-bond donors (Lipinski definition) is 2. The van der Waals surface area contributed by atoms with Crippen molar-refractivity contribution in [1.29, 1.82) is 0 Å². The van der Waals surface area contributed by atoms with Crippen molar-refractivity contribution in [3.05, 3.63) is 55.8 Å². The number of carbonyl (C=O) groups is 4. The second-order valence-corrected chi connectivity index (χ2v) is 9.24. The summed E-state index contributed by atoms with van der Waals surface area (Å²) in [6, 6.07) is 9.87. The number of hydrogen-bond acceptors (Lipinski definition) is 7. The quantitative estimate of drug-likeness (QED) is 0.429. The number of anilines is 1. The molecule has 2 aromatic carbocycles. The van der Waals surface area contributed by atoms with Crippen molar-refractivity contribution in [2.24, 2.45) is 0 Å². The largest absolute Gasteiger partial charge is 0.497 e. The van der Waals surface area contributed by atoms with Gasteiger partial charge in [0.2, 0.25) is 5.91 Å². The minimum Gasteiger partial charge on any atom is -0.497 e. The molecule has 0 bridgehead atoms. The maximum atomic E-state index is 12.7. The van der Waals surface area contributed by atoms with Crippen LogP contribution in [0.2, 0.25) is 0 Å². The lowest BCUT2D eigenvalue weighted by atomic mass is 10.2. The van der Waals surface area contributed by atoms with E-state index in [-0.39, 0.29) is 10.7 Å². The van der Waals surface area contributed by atoms with Crippen LogP contribution in [-0.4, -0.2) is 53.3 Å². The number of amides is 3. The van der Waals surface area contributed by atoms with Gasteiger partial charge in [0.1, 0.15) is 18.0 Å². The van der Waals surface area contributed by atoms with E-state index >= 15 is 0 Å². The van der Waals surface area contributed by atoms with E-state index in [1.165, 1.54) is 13.2 Å². The zero-order valence-electron chi connectivity index (χ0n) is 17.0. The Kier molecular flexibility index (Phi) is 8.16. The van der Waals surface area contributed by atoms with Crippen molar-refractivity contribution in [1.82, 2.24) is 4.90 Å². The Balaban J connectivity index is 1.70. The Morgan fingerprint density at radius 1 is 1.15 bits per heavy atom. The van der Waals surface area contributed by atoms with Crippen LogP contribution in [0.3, 0.4) is 0 Å². The molecule has 33 heavy (non-hydrogen) atoms. The van der Waals surface area contributed by atoms with E-state index in [4.69, 9.17) is 14.6 Å². The van der Waals surface area contributed by atoms with Gasteiger partial charge in [-0.2, -0.15) is 0 Å². The smallest absolute Gasteiger partial charge is 0.341 e. The van der Waals surface area contributed by atoms with Gasteiger partial charge >= 0.3 is 5.97 Å². The minimum atomic E-state index is -1.12. The normalized spacial score (nSPS) is 14.5. The molecule has 1 saturated heterocycles. The molecule has 3 rings (SSSR count). The van der Waals surface area contributed by atoms with Crippen LogP contribution in [0.5, 0.6) is 11.5 Å². The first-order valence-corrected chi connectivity index (χ1v) is 11.6. The number of carbonyl (C=O) groups excluding carboxylic acids is 3. The number of imide groups is 1. The number of thioether (sulfide) groups is 1. The minimum absolute atomic E-state index is 0.148. The Morgan fingerprint density at radius 3 is 2.36 bits per heavy atom. The standard InChI is InChI=1S/C21H16Br2N2O7S/c1-31-13-4-2-12(3-5-13)24-17(26)9-25-20(29)16(33-21(25)30)8-11-6-14(22)19(15(23)7-11)32-10-18(27)28/h2-8H,9-10H2,1H3,(H,24,26)(H,27,28)/b16-8+. The average molecular weight is 600 g/mol. The third-order valence-electron chi connectivity index (χ3n) is 4.21. The van der Waals surface area contributed by atoms with Crippen LogP contribution in [0, 0.1) is 0 Å². The molecule has 0 aromatic heterocycles. The van der Waals surface area contributed by atoms with Gasteiger partial charge in [-0.3, -0.25) is 19.3 Å². The second-order valence-electron chi connectivity index (χ2n) is 6.54. The molecule has 1 heterocycles. The second kappa shape index (κ2) is 10.9. The van der Waals surface area contributed by atoms with E-state index in [0.29, 0.717) is 25.9 Å². The molecule has 1 aliphatic heterocycles. The van der Waals surface area contributed by atoms with E-state index in [1.54, 1.807) is 36.4 Å². The number of aliphatic carboxylic acids is 1. The van der Waals surface area contributed by atoms with E-state index in [9.17, 15) is 19.2 Å². The molecular weight excluding hydrogens is 584 g/mol. The first-order chi connectivity index (χ1) is 15.7. The number of rotatable bonds is 8. The molecule has 1 aliphatic rings. The van der Waals surface area contributed by atoms with Crippen LogP contribution in [0.4, 0.5) is 10.5 Å². The van der Waals surface area contributed by atoms with Crippen LogP contribution >= 0.6 is 43.6 Å². The van der Waals surface area contributed by atoms with Gasteiger partial charge in [0.05, 0.1) is 21.0 Å². The van der Waals surface area contributed by atoms with Crippen LogP contribution < -0.4 is 14.8 Å². The maximum absolute atomic E-state index is 12.7. The van der Waals surface area contributed by atoms with Crippen LogP contribution in [0.15, 0.2) is 50.2 Å². The summed E-state index contributed by atoms with van der Waals surface area (Å²) in [5, 5.41) is 10.8. The van der Waals surface area contributed by atoms with Crippen molar-refractivity contribution in [3.8, 4) is 11.5 Å². The molecule has 3 amide bonds. The molecular formula is C21H16Br2N2O7S. The van der Waals surface area contributed by atoms with Gasteiger partial charge in [-0.05, 0) is 91.7 Å². The summed E-state index contributed by atoms with van der Waals surface area (Å²) in [5.41, 5.74) is 1.06. The van der Waals surface area contributed by atoms with Gasteiger partial charge in [0, 0.05) is 5.69 Å². The lowest BCUT2D eigenvalue weighted by molar-refractivity contribution is -0.139. The molecule has 0 spiro atoms. The zero-order chi connectivity index (χ0) is 24.1. The molecule has 2 N–H and O–H groups in total. The summed E-state index contributed by atoms with van der Waals surface area (Å²) in [7, 11) is 1.53. The SMILES string of the molecule is COc1ccc(NC(=O)CN2C(=O)S/C(=C/c3cc(Br)c(OCC(=O)O)c(Br)c3)C2=O)cc1. The number of benzene rings is 2. The third kappa shape index (κ3) is 6.36. The van der Waals surface area contributed by atoms with Crippen LogP contribution in [0.25, 0.3) is 6.08 Å². The van der Waals surface area contributed by atoms with E-state index in [0.717, 1.165) is 16.7 Å². The molecule has 0 unspecified atom stereocenters. The summed E-state index contributed by atoms with van der Waals surface area (Å²) in [6.07, 6.45) is 1.50. The highest BCUT2D eigenvalue weighted by atomic mass is 79.9. The highest BCUT2D eigenvalue weighted by molar-refractivity contribution is 9.11. The zero-order valence-corrected chi connectivity index (χ0v) is 21.0. The molecule has 172 valence electrons. The average Bonchev–Trinajstić information content (AvgIpc) is 3.00. The Hall–Kier alpha value is -2.83. The van der Waals surface area contributed by atoms with Gasteiger partial charge in [-0.15, -0.1) is 0 Å². The van der Waals surface area contributed by atoms with Crippen LogP contribution in [-0.2, 0) is 14.4 Å². The number of methoxy groups -OCH3 is 1. The molecule has 12 heteroatoms. The molecule has 2 aromatic rings. The highest BCUT2D eigenvalue weighted by Gasteiger charge is 2.36. The van der Waals surface area contributed by atoms with Crippen LogP contribution in [0.1, 0.15) is 5.56 Å². The fourth-order valence-electron chi connectivity index (χ4n) is 2.74. The van der Waals surface area contributed by atoms with Crippen molar-refractivity contribution in [2.45, 2.75) is 0 Å². The Morgan fingerprint density at radius 2 is 1.79 bits per heavy atom. The highest BCUT2D eigenvalue weighted by Crippen LogP contribution is 2.37. The van der Waals surface area contributed by atoms with Gasteiger partial charge < -0.3 is 19.9 Å². The number of halogens is 2. The summed E-state index contributed by atoms with van der Waals surface area (Å²) in [4.78, 5) is 49.1. The number of ether oxygens (including phenoxy) is 2. The predicted molar refractivity (Wildman–Crippen MR) is 129 cm³/mol. The number of nitrogens with one attached hydrogen (secondary N) is 1. The topological polar surface area (TPSA) is 122 Å². The summed E-state index contributed by atoms with van der Waals surface area (Å²) < 4.78 is 11.2. The third-order valence-corrected chi connectivity index (χ3v) is 6.29. The number of carboxylic acids is 1. The van der Waals surface area contributed by atoms with Gasteiger partial charge in [-0.25, -0.2) is 4.79 Å². The van der Waals surface area contributed by atoms with Gasteiger partial charge in [0.25, 0.3) is 11.1 Å². The van der Waals surface area contributed by atoms with E-state index in [2.05, 4.69) is 37.2 Å². The van der Waals surface area contributed by atoms with E-state index < -0.39 is 36.2 Å². The van der Waals surface area contributed by atoms with Crippen molar-refractivity contribution in [2.75, 3.05) is 25.6 Å². The molecule has 0 saturated carbocycles. The number of carboxylic acid groups (broad SMARTS) is 1. The summed E-state index contributed by atoms with van der Waals surface area (Å²) in [5.74, 6) is -1.31. The van der Waals surface area contributed by atoms with Crippen molar-refractivity contribution >= 4 is 78.4 Å². The molecule has 1 fully saturated rings. The Bertz CT molecular complexity index is 1130. The Labute approximate surface area is 209 Å². The fraction of sp³-hybridized carbons (Fsp3) is 0.143. The fourth-order valence-corrected chi connectivity index (χ4v) is 5.03. The maximum Gasteiger partial charge on any atom is 0.341 e. The van der Waals surface area contributed by atoms with Gasteiger partial charge in [0.15, 0.2) is 6.61 Å². The number of nitrogens with zero attached hydrogens (tertiary/aromatic N) is 1. The first kappa shape index (κ1) is 24.8. The first-order valence-electron chi connectivity index (χ1n) is 9.21. The molecule has 0 radical (unpaired) electrons. The van der Waals surface area contributed by atoms with E-state index in [1.807, 2.05) is 0 Å². The summed E-state index contributed by atoms with van der Waals surface area (Å²) in [6.45, 7) is -0.947. The molecule has 0 atom stereocenters. The van der Waals surface area contributed by atoms with Gasteiger partial charge in [-0.1, -0.05) is 0 Å². The lowest BCUT2D eigenvalue weighted by Gasteiger charge is -2.12.